The van der Waals surface area contributed by atoms with Gasteiger partial charge in [0.2, 0.25) is 0 Å². The number of anilines is 1. The molecule has 0 bridgehead atoms. The smallest absolute Gasteiger partial charge is 0.0376 e. The van der Waals surface area contributed by atoms with Gasteiger partial charge in [0, 0.05) is 30.7 Å². The van der Waals surface area contributed by atoms with Crippen LogP contribution in [0.4, 0.5) is 5.69 Å². The van der Waals surface area contributed by atoms with Gasteiger partial charge in [-0.1, -0.05) is 31.5 Å². The molecule has 3 unspecified atom stereocenters. The summed E-state index contributed by atoms with van der Waals surface area (Å²) in [5.41, 5.74) is 2.85. The summed E-state index contributed by atoms with van der Waals surface area (Å²) in [6.07, 6.45) is 5.40. The van der Waals surface area contributed by atoms with Crippen molar-refractivity contribution in [1.29, 1.82) is 0 Å². The maximum Gasteiger partial charge on any atom is 0.0376 e. The molecule has 0 aromatic heterocycles. The first-order valence-electron chi connectivity index (χ1n) is 7.44. The highest BCUT2D eigenvalue weighted by molar-refractivity contribution is 5.54. The Bertz CT molecular complexity index is 402. The Hall–Kier alpha value is -1.02. The lowest BCUT2D eigenvalue weighted by Gasteiger charge is -2.27. The highest BCUT2D eigenvalue weighted by Gasteiger charge is 2.36. The molecule has 3 atom stereocenters. The Morgan fingerprint density at radius 3 is 3.11 bits per heavy atom. The first-order valence-corrected chi connectivity index (χ1v) is 7.44. The quantitative estimate of drug-likeness (QED) is 0.830. The van der Waals surface area contributed by atoms with Gasteiger partial charge in [0.15, 0.2) is 0 Å². The van der Waals surface area contributed by atoms with E-state index < -0.39 is 0 Å². The third kappa shape index (κ3) is 2.54. The average Bonchev–Trinajstić information content (AvgIpc) is 3.15. The van der Waals surface area contributed by atoms with Gasteiger partial charge in [0.1, 0.15) is 0 Å². The van der Waals surface area contributed by atoms with Crippen LogP contribution in [-0.4, -0.2) is 19.1 Å². The first-order chi connectivity index (χ1) is 8.88. The predicted molar refractivity (Wildman–Crippen MR) is 77.1 cm³/mol. The minimum atomic E-state index is 0.699. The predicted octanol–water partition coefficient (Wildman–Crippen LogP) is 3.36. The number of nitrogens with one attached hydrogen (secondary N) is 2. The number of fused-ring (bicyclic) bond motifs is 1. The number of benzene rings is 1. The van der Waals surface area contributed by atoms with Gasteiger partial charge in [-0.2, -0.15) is 0 Å². The maximum absolute atomic E-state index is 3.77. The second kappa shape index (κ2) is 5.31. The van der Waals surface area contributed by atoms with Crippen molar-refractivity contribution in [3.8, 4) is 0 Å². The molecule has 1 fully saturated rings. The van der Waals surface area contributed by atoms with Crippen LogP contribution in [0.3, 0.4) is 0 Å². The molecule has 1 saturated carbocycles. The van der Waals surface area contributed by atoms with Crippen molar-refractivity contribution >= 4 is 5.69 Å². The third-order valence-corrected chi connectivity index (χ3v) is 4.42. The van der Waals surface area contributed by atoms with E-state index in [0.29, 0.717) is 5.92 Å². The molecule has 1 aromatic carbocycles. The molecule has 2 N–H and O–H groups in total. The zero-order chi connectivity index (χ0) is 12.4. The molecule has 0 spiro atoms. The fraction of sp³-hybridized carbons (Fsp3) is 0.625. The van der Waals surface area contributed by atoms with E-state index in [-0.39, 0.29) is 0 Å². The lowest BCUT2D eigenvalue weighted by molar-refractivity contribution is 0.526. The van der Waals surface area contributed by atoms with Gasteiger partial charge in [0.25, 0.3) is 0 Å². The molecule has 18 heavy (non-hydrogen) atoms. The van der Waals surface area contributed by atoms with Crippen molar-refractivity contribution < 1.29 is 0 Å². The average molecular weight is 244 g/mol. The van der Waals surface area contributed by atoms with Gasteiger partial charge in [-0.3, -0.25) is 0 Å². The van der Waals surface area contributed by atoms with E-state index in [1.165, 1.54) is 36.9 Å². The largest absolute Gasteiger partial charge is 0.385 e. The fourth-order valence-corrected chi connectivity index (χ4v) is 3.24. The van der Waals surface area contributed by atoms with E-state index in [9.17, 15) is 0 Å². The second-order valence-electron chi connectivity index (χ2n) is 5.80. The molecular formula is C16H24N2. The van der Waals surface area contributed by atoms with Gasteiger partial charge in [-0.15, -0.1) is 0 Å². The van der Waals surface area contributed by atoms with Gasteiger partial charge in [0.05, 0.1) is 0 Å². The van der Waals surface area contributed by atoms with Gasteiger partial charge < -0.3 is 10.6 Å². The molecule has 2 heteroatoms. The standard InChI is InChI=1S/C16H24N2/c1-2-5-12-10-16(12)18-11-13-8-9-17-15-7-4-3-6-14(13)15/h3-4,6-7,12-13,16-18H,2,5,8-11H2,1H3. The Kier molecular flexibility index (Phi) is 3.55. The summed E-state index contributed by atoms with van der Waals surface area (Å²) in [6, 6.07) is 9.59. The van der Waals surface area contributed by atoms with Gasteiger partial charge in [-0.25, -0.2) is 0 Å². The van der Waals surface area contributed by atoms with Crippen molar-refractivity contribution in [2.45, 2.75) is 44.6 Å². The molecule has 98 valence electrons. The van der Waals surface area contributed by atoms with E-state index >= 15 is 0 Å². The molecule has 3 rings (SSSR count). The summed E-state index contributed by atoms with van der Waals surface area (Å²) in [5.74, 6) is 1.66. The normalized spacial score (nSPS) is 29.5. The van der Waals surface area contributed by atoms with Gasteiger partial charge in [-0.05, 0) is 36.8 Å². The number of rotatable bonds is 5. The summed E-state index contributed by atoms with van der Waals surface area (Å²) in [4.78, 5) is 0. The second-order valence-corrected chi connectivity index (χ2v) is 5.80. The fourth-order valence-electron chi connectivity index (χ4n) is 3.24. The molecule has 2 nitrogen and oxygen atoms in total. The molecule has 1 aliphatic heterocycles. The molecule has 1 heterocycles. The van der Waals surface area contributed by atoms with Crippen molar-refractivity contribution in [2.75, 3.05) is 18.4 Å². The van der Waals surface area contributed by atoms with Crippen molar-refractivity contribution in [3.05, 3.63) is 29.8 Å². The zero-order valence-corrected chi connectivity index (χ0v) is 11.3. The number of para-hydroxylation sites is 1. The molecule has 2 aliphatic rings. The Morgan fingerprint density at radius 1 is 1.33 bits per heavy atom. The lowest BCUT2D eigenvalue weighted by atomic mass is 9.91. The van der Waals surface area contributed by atoms with Crippen LogP contribution in [0, 0.1) is 5.92 Å². The van der Waals surface area contributed by atoms with Crippen LogP contribution < -0.4 is 10.6 Å². The highest BCUT2D eigenvalue weighted by Crippen LogP contribution is 2.36. The van der Waals surface area contributed by atoms with E-state index in [2.05, 4.69) is 41.8 Å². The zero-order valence-electron chi connectivity index (χ0n) is 11.3. The van der Waals surface area contributed by atoms with Gasteiger partial charge >= 0.3 is 0 Å². The molecule has 0 radical (unpaired) electrons. The van der Waals surface area contributed by atoms with Crippen LogP contribution in [0.1, 0.15) is 44.1 Å². The highest BCUT2D eigenvalue weighted by atomic mass is 15.0. The number of hydrogen-bond donors (Lipinski definition) is 2. The Morgan fingerprint density at radius 2 is 2.22 bits per heavy atom. The SMILES string of the molecule is CCCC1CC1NCC1CCNc2ccccc21. The molecule has 0 saturated heterocycles. The number of hydrogen-bond acceptors (Lipinski definition) is 2. The molecule has 1 aromatic rings. The van der Waals surface area contributed by atoms with Crippen LogP contribution in [0.2, 0.25) is 0 Å². The van der Waals surface area contributed by atoms with Crippen LogP contribution >= 0.6 is 0 Å². The van der Waals surface area contributed by atoms with Crippen LogP contribution in [-0.2, 0) is 0 Å². The van der Waals surface area contributed by atoms with Crippen molar-refractivity contribution in [3.63, 3.8) is 0 Å². The summed E-state index contributed by atoms with van der Waals surface area (Å²) in [5, 5.41) is 7.27. The summed E-state index contributed by atoms with van der Waals surface area (Å²) in [6.45, 7) is 4.56. The monoisotopic (exact) mass is 244 g/mol. The van der Waals surface area contributed by atoms with E-state index in [1.54, 1.807) is 0 Å². The lowest BCUT2D eigenvalue weighted by Crippen LogP contribution is -2.28. The van der Waals surface area contributed by atoms with Crippen LogP contribution in [0.25, 0.3) is 0 Å². The van der Waals surface area contributed by atoms with Crippen molar-refractivity contribution in [1.82, 2.24) is 5.32 Å². The molecule has 1 aliphatic carbocycles. The summed E-state index contributed by atoms with van der Waals surface area (Å²) in [7, 11) is 0. The van der Waals surface area contributed by atoms with E-state index in [0.717, 1.165) is 25.0 Å². The Labute approximate surface area is 110 Å². The van der Waals surface area contributed by atoms with E-state index in [4.69, 9.17) is 0 Å². The first kappa shape index (κ1) is 12.0. The minimum Gasteiger partial charge on any atom is -0.385 e. The minimum absolute atomic E-state index is 0.699. The topological polar surface area (TPSA) is 24.1 Å². The molecule has 0 amide bonds. The van der Waals surface area contributed by atoms with Crippen LogP contribution in [0.5, 0.6) is 0 Å². The van der Waals surface area contributed by atoms with Crippen molar-refractivity contribution in [2.24, 2.45) is 5.92 Å². The Balaban J connectivity index is 1.55. The summed E-state index contributed by atoms with van der Waals surface area (Å²) < 4.78 is 0. The maximum atomic E-state index is 3.77. The molecular weight excluding hydrogens is 220 g/mol. The van der Waals surface area contributed by atoms with E-state index in [1.807, 2.05) is 0 Å². The van der Waals surface area contributed by atoms with Crippen LogP contribution in [0.15, 0.2) is 24.3 Å². The summed E-state index contributed by atoms with van der Waals surface area (Å²) >= 11 is 0. The third-order valence-electron chi connectivity index (χ3n) is 4.42.